The Balaban J connectivity index is 1.62. The first kappa shape index (κ1) is 24.8. The minimum absolute atomic E-state index is 0.201. The first-order valence-electron chi connectivity index (χ1n) is 11.7. The number of benzene rings is 2. The quantitative estimate of drug-likeness (QED) is 0.276. The summed E-state index contributed by atoms with van der Waals surface area (Å²) in [5, 5.41) is 7.40. The molecular weight excluding hydrogens is 508 g/mol. The summed E-state index contributed by atoms with van der Waals surface area (Å²) in [6.45, 7) is 3.47. The number of pyridine rings is 1. The van der Waals surface area contributed by atoms with Gasteiger partial charge in [0, 0.05) is 29.4 Å². The third kappa shape index (κ3) is 4.90. The Hall–Kier alpha value is -3.88. The third-order valence-corrected chi connectivity index (χ3v) is 6.80. The van der Waals surface area contributed by atoms with E-state index < -0.39 is 0 Å². The molecule has 2 atom stereocenters. The smallest absolute Gasteiger partial charge is 0.221 e. The van der Waals surface area contributed by atoms with E-state index in [0.717, 1.165) is 22.5 Å². The number of aromatic nitrogens is 1. The van der Waals surface area contributed by atoms with Crippen molar-refractivity contribution in [1.29, 1.82) is 0 Å². The van der Waals surface area contributed by atoms with E-state index in [1.165, 1.54) is 6.92 Å². The second-order valence-corrected chi connectivity index (χ2v) is 9.55. The van der Waals surface area contributed by atoms with Crippen molar-refractivity contribution in [2.24, 2.45) is 0 Å². The number of hydrogen-bond donors (Lipinski definition) is 2. The maximum atomic E-state index is 11.8. The highest BCUT2D eigenvalue weighted by atomic mass is 35.5. The number of rotatable bonds is 6. The lowest BCUT2D eigenvalue weighted by Gasteiger charge is -2.27. The predicted molar refractivity (Wildman–Crippen MR) is 149 cm³/mol. The van der Waals surface area contributed by atoms with Crippen LogP contribution >= 0.6 is 23.8 Å². The fraction of sp³-hybridized carbons (Fsp3) is 0.179. The number of carbonyl (C=O) groups is 1. The number of amides is 1. The van der Waals surface area contributed by atoms with Gasteiger partial charge < -0.3 is 24.7 Å². The maximum absolute atomic E-state index is 11.8. The molecule has 1 aliphatic rings. The molecule has 0 aliphatic carbocycles. The minimum Gasteiger partial charge on any atom is -0.495 e. The average molecular weight is 533 g/mol. The van der Waals surface area contributed by atoms with Crippen LogP contribution in [0.5, 0.6) is 5.75 Å². The summed E-state index contributed by atoms with van der Waals surface area (Å²) < 4.78 is 11.9. The van der Waals surface area contributed by atoms with Crippen LogP contribution in [0.4, 0.5) is 11.4 Å². The maximum Gasteiger partial charge on any atom is 0.221 e. The largest absolute Gasteiger partial charge is 0.495 e. The zero-order valence-corrected chi connectivity index (χ0v) is 22.1. The molecule has 1 amide bonds. The van der Waals surface area contributed by atoms with Crippen molar-refractivity contribution < 1.29 is 13.9 Å². The van der Waals surface area contributed by atoms with E-state index in [-0.39, 0.29) is 18.0 Å². The van der Waals surface area contributed by atoms with Crippen molar-refractivity contribution in [2.45, 2.75) is 25.9 Å². The number of anilines is 2. The summed E-state index contributed by atoms with van der Waals surface area (Å²) in [5.41, 5.74) is 4.11. The molecular formula is C28H25ClN4O3S. The van der Waals surface area contributed by atoms with Gasteiger partial charge in [0.05, 0.1) is 24.5 Å². The fourth-order valence-corrected chi connectivity index (χ4v) is 5.09. The molecule has 9 heteroatoms. The van der Waals surface area contributed by atoms with Crippen molar-refractivity contribution >= 4 is 46.2 Å². The van der Waals surface area contributed by atoms with Crippen molar-refractivity contribution in [3.8, 4) is 17.1 Å². The van der Waals surface area contributed by atoms with E-state index >= 15 is 0 Å². The summed E-state index contributed by atoms with van der Waals surface area (Å²) >= 11 is 12.1. The SMILES string of the molecule is COc1ccc(N2C(=S)N[C@@H](c3ccccn3)[C@H]2c2ccc(-c3cc(Cl)ccc3C)o2)cc1NC(C)=O. The molecule has 0 saturated carbocycles. The van der Waals surface area contributed by atoms with E-state index in [9.17, 15) is 4.79 Å². The Bertz CT molecular complexity index is 1470. The molecule has 5 rings (SSSR count). The van der Waals surface area contributed by atoms with Gasteiger partial charge in [0.15, 0.2) is 5.11 Å². The number of ether oxygens (including phenoxy) is 1. The molecule has 1 saturated heterocycles. The van der Waals surface area contributed by atoms with Gasteiger partial charge >= 0.3 is 0 Å². The van der Waals surface area contributed by atoms with E-state index in [1.807, 2.05) is 72.5 Å². The predicted octanol–water partition coefficient (Wildman–Crippen LogP) is 6.45. The number of furan rings is 1. The molecule has 7 nitrogen and oxygen atoms in total. The molecule has 0 bridgehead atoms. The van der Waals surface area contributed by atoms with Crippen LogP contribution in [0.25, 0.3) is 11.3 Å². The van der Waals surface area contributed by atoms with Gasteiger partial charge in [-0.3, -0.25) is 9.78 Å². The lowest BCUT2D eigenvalue weighted by molar-refractivity contribution is -0.114. The van der Waals surface area contributed by atoms with Crippen molar-refractivity contribution in [2.75, 3.05) is 17.3 Å². The standard InChI is InChI=1S/C28H25ClN4O3S/c1-16-7-8-18(29)14-20(16)23-11-12-25(36-23)27-26(21-6-4-5-13-30-21)32-28(37)33(27)19-9-10-24(35-3)22(15-19)31-17(2)34/h4-15,26-27H,1-3H3,(H,31,34)(H,32,37)/t26-,27+/m0/s1. The van der Waals surface area contributed by atoms with Crippen LogP contribution in [0.1, 0.15) is 36.0 Å². The van der Waals surface area contributed by atoms with Gasteiger partial charge in [-0.05, 0) is 79.3 Å². The number of carbonyl (C=O) groups excluding carboxylic acids is 1. The van der Waals surface area contributed by atoms with E-state index in [1.54, 1.807) is 19.4 Å². The first-order valence-corrected chi connectivity index (χ1v) is 12.5. The van der Waals surface area contributed by atoms with E-state index in [4.69, 9.17) is 33.0 Å². The van der Waals surface area contributed by atoms with Crippen molar-refractivity contribution in [3.63, 3.8) is 0 Å². The monoisotopic (exact) mass is 532 g/mol. The lowest BCUT2D eigenvalue weighted by atomic mass is 10.0. The Morgan fingerprint density at radius 1 is 1.16 bits per heavy atom. The van der Waals surface area contributed by atoms with Gasteiger partial charge in [0.25, 0.3) is 0 Å². The second kappa shape index (κ2) is 10.2. The number of aryl methyl sites for hydroxylation is 1. The molecule has 0 radical (unpaired) electrons. The molecule has 2 N–H and O–H groups in total. The summed E-state index contributed by atoms with van der Waals surface area (Å²) in [5.74, 6) is 1.76. The zero-order chi connectivity index (χ0) is 26.1. The Kier molecular flexibility index (Phi) is 6.86. The lowest BCUT2D eigenvalue weighted by Crippen LogP contribution is -2.29. The number of nitrogens with one attached hydrogen (secondary N) is 2. The van der Waals surface area contributed by atoms with Crippen molar-refractivity contribution in [3.05, 3.63) is 95.0 Å². The Morgan fingerprint density at radius 3 is 2.73 bits per heavy atom. The minimum atomic E-state index is -0.353. The molecule has 2 aromatic heterocycles. The first-order chi connectivity index (χ1) is 17.9. The zero-order valence-electron chi connectivity index (χ0n) is 20.5. The summed E-state index contributed by atoms with van der Waals surface area (Å²) in [4.78, 5) is 18.4. The molecule has 0 unspecified atom stereocenters. The topological polar surface area (TPSA) is 79.6 Å². The van der Waals surface area contributed by atoms with Gasteiger partial charge in [-0.25, -0.2) is 0 Å². The van der Waals surface area contributed by atoms with Crippen LogP contribution in [-0.2, 0) is 4.79 Å². The van der Waals surface area contributed by atoms with Crippen molar-refractivity contribution in [1.82, 2.24) is 10.3 Å². The average Bonchev–Trinajstić information content (AvgIpc) is 3.50. The molecule has 3 heterocycles. The number of thiocarbonyl (C=S) groups is 1. The summed E-state index contributed by atoms with van der Waals surface area (Å²) in [6.07, 6.45) is 1.75. The van der Waals surface area contributed by atoms with E-state index in [2.05, 4.69) is 15.6 Å². The van der Waals surface area contributed by atoms with Crippen LogP contribution in [0, 0.1) is 6.92 Å². The van der Waals surface area contributed by atoms with Crippen LogP contribution in [0.15, 0.2) is 77.3 Å². The third-order valence-electron chi connectivity index (χ3n) is 6.25. The molecule has 188 valence electrons. The Labute approximate surface area is 225 Å². The number of hydrogen-bond acceptors (Lipinski definition) is 5. The molecule has 1 aliphatic heterocycles. The normalized spacial score (nSPS) is 17.0. The molecule has 0 spiro atoms. The highest BCUT2D eigenvalue weighted by Gasteiger charge is 2.42. The molecule has 4 aromatic rings. The summed E-state index contributed by atoms with van der Waals surface area (Å²) in [6, 6.07) is 20.3. The Morgan fingerprint density at radius 2 is 2.00 bits per heavy atom. The number of halogens is 1. The number of nitrogens with zero attached hydrogens (tertiary/aromatic N) is 2. The highest BCUT2D eigenvalue weighted by Crippen LogP contribution is 2.44. The van der Waals surface area contributed by atoms with Gasteiger partial charge in [0.2, 0.25) is 5.91 Å². The molecule has 1 fully saturated rings. The second-order valence-electron chi connectivity index (χ2n) is 8.72. The van der Waals surface area contributed by atoms with Gasteiger partial charge in [0.1, 0.15) is 23.3 Å². The van der Waals surface area contributed by atoms with Crippen LogP contribution < -0.4 is 20.3 Å². The van der Waals surface area contributed by atoms with E-state index in [0.29, 0.717) is 33.1 Å². The molecule has 37 heavy (non-hydrogen) atoms. The van der Waals surface area contributed by atoms with Gasteiger partial charge in [-0.2, -0.15) is 0 Å². The van der Waals surface area contributed by atoms with Gasteiger partial charge in [-0.1, -0.05) is 23.7 Å². The fourth-order valence-electron chi connectivity index (χ4n) is 4.57. The van der Waals surface area contributed by atoms with Crippen LogP contribution in [0.2, 0.25) is 5.02 Å². The molecule has 2 aromatic carbocycles. The summed E-state index contributed by atoms with van der Waals surface area (Å²) in [7, 11) is 1.56. The number of methoxy groups -OCH3 is 1. The highest BCUT2D eigenvalue weighted by molar-refractivity contribution is 7.80. The van der Waals surface area contributed by atoms with Crippen LogP contribution in [0.3, 0.4) is 0 Å². The van der Waals surface area contributed by atoms with Gasteiger partial charge in [-0.15, -0.1) is 0 Å². The van der Waals surface area contributed by atoms with Crippen LogP contribution in [-0.4, -0.2) is 23.1 Å².